The van der Waals surface area contributed by atoms with E-state index < -0.39 is 15.9 Å². The van der Waals surface area contributed by atoms with Crippen molar-refractivity contribution in [2.24, 2.45) is 5.73 Å². The second-order valence-electron chi connectivity index (χ2n) is 3.33. The molecule has 1 aromatic heterocycles. The summed E-state index contributed by atoms with van der Waals surface area (Å²) in [5.41, 5.74) is 5.23. The van der Waals surface area contributed by atoms with Crippen molar-refractivity contribution in [3.8, 4) is 0 Å². The quantitative estimate of drug-likeness (QED) is 0.875. The molecule has 0 radical (unpaired) electrons. The Labute approximate surface area is 108 Å². The van der Waals surface area contributed by atoms with Crippen molar-refractivity contribution in [2.75, 3.05) is 4.72 Å². The van der Waals surface area contributed by atoms with Crippen LogP contribution in [0.2, 0.25) is 0 Å². The van der Waals surface area contributed by atoms with E-state index in [1.54, 1.807) is 5.38 Å². The molecule has 18 heavy (non-hydrogen) atoms. The highest BCUT2D eigenvalue weighted by Crippen LogP contribution is 2.18. The lowest BCUT2D eigenvalue weighted by Crippen LogP contribution is -2.15. The second-order valence-corrected chi connectivity index (χ2v) is 5.91. The number of carbonyl (C=O) groups is 1. The van der Waals surface area contributed by atoms with Gasteiger partial charge < -0.3 is 5.73 Å². The molecule has 2 aromatic rings. The number of primary amides is 1. The molecule has 0 spiro atoms. The van der Waals surface area contributed by atoms with Crippen molar-refractivity contribution in [3.63, 3.8) is 0 Å². The van der Waals surface area contributed by atoms with Crippen molar-refractivity contribution < 1.29 is 13.2 Å². The van der Waals surface area contributed by atoms with Gasteiger partial charge in [0.1, 0.15) is 0 Å². The molecule has 0 aliphatic carbocycles. The van der Waals surface area contributed by atoms with Crippen LogP contribution in [0.3, 0.4) is 0 Å². The molecule has 2 rings (SSSR count). The molecule has 0 unspecified atom stereocenters. The SMILES string of the molecule is NC(=O)c1cccc(S(=O)(=O)Nc2nccs2)c1. The van der Waals surface area contributed by atoms with Crippen molar-refractivity contribution in [1.82, 2.24) is 4.98 Å². The molecule has 1 amide bonds. The number of thiazole rings is 1. The summed E-state index contributed by atoms with van der Waals surface area (Å²) in [4.78, 5) is 14.8. The molecule has 1 heterocycles. The number of hydrogen-bond donors (Lipinski definition) is 2. The van der Waals surface area contributed by atoms with Crippen LogP contribution in [0.5, 0.6) is 0 Å². The number of rotatable bonds is 4. The zero-order valence-electron chi connectivity index (χ0n) is 9.03. The van der Waals surface area contributed by atoms with Crippen molar-refractivity contribution in [2.45, 2.75) is 4.90 Å². The van der Waals surface area contributed by atoms with E-state index in [0.29, 0.717) is 0 Å². The van der Waals surface area contributed by atoms with Crippen LogP contribution in [0.25, 0.3) is 0 Å². The van der Waals surface area contributed by atoms with Crippen molar-refractivity contribution >= 4 is 32.4 Å². The molecule has 6 nitrogen and oxygen atoms in total. The number of nitrogens with two attached hydrogens (primary N) is 1. The third-order valence-electron chi connectivity index (χ3n) is 2.08. The zero-order chi connectivity index (χ0) is 13.2. The van der Waals surface area contributed by atoms with Gasteiger partial charge in [0.25, 0.3) is 10.0 Å². The molecule has 0 aliphatic heterocycles. The number of carbonyl (C=O) groups excluding carboxylic acids is 1. The maximum Gasteiger partial charge on any atom is 0.263 e. The molecule has 8 heteroatoms. The lowest BCUT2D eigenvalue weighted by Gasteiger charge is -2.05. The van der Waals surface area contributed by atoms with Gasteiger partial charge in [-0.1, -0.05) is 6.07 Å². The fraction of sp³-hybridized carbons (Fsp3) is 0. The molecule has 0 fully saturated rings. The predicted molar refractivity (Wildman–Crippen MR) is 67.9 cm³/mol. The monoisotopic (exact) mass is 283 g/mol. The standard InChI is InChI=1S/C10H9N3O3S2/c11-9(14)7-2-1-3-8(6-7)18(15,16)13-10-12-4-5-17-10/h1-6H,(H2,11,14)(H,12,13). The third-order valence-corrected chi connectivity index (χ3v) is 4.24. The number of aromatic nitrogens is 1. The summed E-state index contributed by atoms with van der Waals surface area (Å²) in [5.74, 6) is -0.679. The largest absolute Gasteiger partial charge is 0.366 e. The topological polar surface area (TPSA) is 102 Å². The van der Waals surface area contributed by atoms with Gasteiger partial charge >= 0.3 is 0 Å². The van der Waals surface area contributed by atoms with Crippen molar-refractivity contribution in [1.29, 1.82) is 0 Å². The lowest BCUT2D eigenvalue weighted by molar-refractivity contribution is 0.1000. The highest BCUT2D eigenvalue weighted by atomic mass is 32.2. The lowest BCUT2D eigenvalue weighted by atomic mass is 10.2. The number of hydrogen-bond acceptors (Lipinski definition) is 5. The number of benzene rings is 1. The van der Waals surface area contributed by atoms with E-state index in [1.165, 1.54) is 30.5 Å². The van der Waals surface area contributed by atoms with Gasteiger partial charge in [-0.05, 0) is 18.2 Å². The number of sulfonamides is 1. The van der Waals surface area contributed by atoms with E-state index in [0.717, 1.165) is 11.3 Å². The van der Waals surface area contributed by atoms with Gasteiger partial charge in [0.2, 0.25) is 5.91 Å². The molecule has 0 saturated carbocycles. The summed E-state index contributed by atoms with van der Waals surface area (Å²) >= 11 is 1.16. The summed E-state index contributed by atoms with van der Waals surface area (Å²) in [6, 6.07) is 5.50. The number of nitrogens with one attached hydrogen (secondary N) is 1. The molecule has 1 aromatic carbocycles. The summed E-state index contributed by atoms with van der Waals surface area (Å²) < 4.78 is 26.3. The third kappa shape index (κ3) is 2.66. The summed E-state index contributed by atoms with van der Waals surface area (Å²) in [6.07, 6.45) is 1.49. The minimum Gasteiger partial charge on any atom is -0.366 e. The molecule has 0 atom stereocenters. The van der Waals surface area contributed by atoms with E-state index in [9.17, 15) is 13.2 Å². The van der Waals surface area contributed by atoms with Crippen LogP contribution >= 0.6 is 11.3 Å². The minimum absolute atomic E-state index is 0.0333. The van der Waals surface area contributed by atoms with Gasteiger partial charge in [-0.3, -0.25) is 9.52 Å². The van der Waals surface area contributed by atoms with Crippen LogP contribution in [0.1, 0.15) is 10.4 Å². The molecular weight excluding hydrogens is 274 g/mol. The minimum atomic E-state index is -3.75. The van der Waals surface area contributed by atoms with Gasteiger partial charge in [0, 0.05) is 17.1 Å². The molecule has 94 valence electrons. The number of anilines is 1. The van der Waals surface area contributed by atoms with E-state index >= 15 is 0 Å². The molecule has 3 N–H and O–H groups in total. The number of amides is 1. The van der Waals surface area contributed by atoms with E-state index in [-0.39, 0.29) is 15.6 Å². The Morgan fingerprint density at radius 2 is 2.17 bits per heavy atom. The fourth-order valence-corrected chi connectivity index (χ4v) is 3.10. The summed E-state index contributed by atoms with van der Waals surface area (Å²) in [5, 5.41) is 1.91. The van der Waals surface area contributed by atoms with E-state index in [1.807, 2.05) is 0 Å². The van der Waals surface area contributed by atoms with Crippen LogP contribution < -0.4 is 10.5 Å². The van der Waals surface area contributed by atoms with Crippen LogP contribution in [0.4, 0.5) is 5.13 Å². The highest BCUT2D eigenvalue weighted by Gasteiger charge is 2.16. The molecule has 0 saturated heterocycles. The van der Waals surface area contributed by atoms with Gasteiger partial charge in [-0.2, -0.15) is 0 Å². The molecule has 0 bridgehead atoms. The molecular formula is C10H9N3O3S2. The summed E-state index contributed by atoms with van der Waals surface area (Å²) in [7, 11) is -3.75. The summed E-state index contributed by atoms with van der Waals surface area (Å²) in [6.45, 7) is 0. The van der Waals surface area contributed by atoms with Gasteiger partial charge in [0.15, 0.2) is 5.13 Å². The Balaban J connectivity index is 2.35. The maximum absolute atomic E-state index is 12.0. The normalized spacial score (nSPS) is 11.1. The molecule has 0 aliphatic rings. The Kier molecular flexibility index (Phi) is 3.30. The van der Waals surface area contributed by atoms with E-state index in [4.69, 9.17) is 5.73 Å². The Morgan fingerprint density at radius 3 is 2.78 bits per heavy atom. The second kappa shape index (κ2) is 4.75. The first kappa shape index (κ1) is 12.5. The van der Waals surface area contributed by atoms with Crippen molar-refractivity contribution in [3.05, 3.63) is 41.4 Å². The smallest absolute Gasteiger partial charge is 0.263 e. The van der Waals surface area contributed by atoms with E-state index in [2.05, 4.69) is 9.71 Å². The van der Waals surface area contributed by atoms with Gasteiger partial charge in [0.05, 0.1) is 4.90 Å². The highest BCUT2D eigenvalue weighted by molar-refractivity contribution is 7.93. The van der Waals surface area contributed by atoms with Gasteiger partial charge in [-0.15, -0.1) is 11.3 Å². The first-order valence-corrected chi connectivity index (χ1v) is 7.17. The zero-order valence-corrected chi connectivity index (χ0v) is 10.7. The predicted octanol–water partition coefficient (Wildman–Crippen LogP) is 1.04. The Hall–Kier alpha value is -1.93. The van der Waals surface area contributed by atoms with Crippen LogP contribution in [-0.2, 0) is 10.0 Å². The maximum atomic E-state index is 12.0. The number of nitrogens with zero attached hydrogens (tertiary/aromatic N) is 1. The average molecular weight is 283 g/mol. The Bertz CT molecular complexity index is 665. The Morgan fingerprint density at radius 1 is 1.39 bits per heavy atom. The first-order chi connectivity index (χ1) is 8.49. The van der Waals surface area contributed by atoms with Crippen LogP contribution in [-0.4, -0.2) is 19.3 Å². The van der Waals surface area contributed by atoms with Crippen LogP contribution in [0, 0.1) is 0 Å². The first-order valence-electron chi connectivity index (χ1n) is 4.81. The van der Waals surface area contributed by atoms with Gasteiger partial charge in [-0.25, -0.2) is 13.4 Å². The van der Waals surface area contributed by atoms with Crippen LogP contribution in [0.15, 0.2) is 40.7 Å². The fourth-order valence-electron chi connectivity index (χ4n) is 1.26. The average Bonchev–Trinajstić information content (AvgIpc) is 2.81.